The molecule has 2 aromatic rings. The molecular formula is C13H12NOS. The zero-order chi connectivity index (χ0) is 11.2. The zero-order valence-corrected chi connectivity index (χ0v) is 9.83. The Bertz CT molecular complexity index is 427. The van der Waals surface area contributed by atoms with Crippen molar-refractivity contribution in [2.45, 2.75) is 10.6 Å². The standard InChI is InChI=1S/C13H12NOS/c1-15-12-4-2-11(3-5-12)10-16-13-6-8-14-9-7-13/h2-8H,10H2,1H3. The first kappa shape index (κ1) is 11.0. The van der Waals surface area contributed by atoms with Gasteiger partial charge in [0.2, 0.25) is 0 Å². The number of hydrogen-bond donors (Lipinski definition) is 0. The topological polar surface area (TPSA) is 22.1 Å². The summed E-state index contributed by atoms with van der Waals surface area (Å²) in [5.41, 5.74) is 1.28. The first-order valence-electron chi connectivity index (χ1n) is 4.96. The quantitative estimate of drug-likeness (QED) is 0.753. The van der Waals surface area contributed by atoms with Gasteiger partial charge in [-0.1, -0.05) is 12.1 Å². The molecular weight excluding hydrogens is 218 g/mol. The van der Waals surface area contributed by atoms with Crippen LogP contribution in [0.3, 0.4) is 0 Å². The first-order chi connectivity index (χ1) is 7.88. The normalized spacial score (nSPS) is 10.1. The highest BCUT2D eigenvalue weighted by molar-refractivity contribution is 7.98. The van der Waals surface area contributed by atoms with E-state index in [0.717, 1.165) is 11.5 Å². The third kappa shape index (κ3) is 3.00. The summed E-state index contributed by atoms with van der Waals surface area (Å²) in [5.74, 6) is 1.84. The number of methoxy groups -OCH3 is 1. The Morgan fingerprint density at radius 3 is 2.69 bits per heavy atom. The molecule has 0 unspecified atom stereocenters. The summed E-state index contributed by atoms with van der Waals surface area (Å²) in [7, 11) is 1.68. The van der Waals surface area contributed by atoms with Crippen LogP contribution in [0, 0.1) is 6.20 Å². The summed E-state index contributed by atoms with van der Waals surface area (Å²) in [4.78, 5) is 5.05. The van der Waals surface area contributed by atoms with Gasteiger partial charge in [0.1, 0.15) is 5.75 Å². The fourth-order valence-corrected chi connectivity index (χ4v) is 2.10. The molecule has 0 bridgehead atoms. The number of rotatable bonds is 4. The van der Waals surface area contributed by atoms with Gasteiger partial charge in [-0.25, -0.2) is 0 Å². The Balaban J connectivity index is 1.94. The van der Waals surface area contributed by atoms with Crippen molar-refractivity contribution < 1.29 is 4.74 Å². The Labute approximate surface area is 99.7 Å². The van der Waals surface area contributed by atoms with Gasteiger partial charge in [-0.15, -0.1) is 11.8 Å². The van der Waals surface area contributed by atoms with Crippen LogP contribution < -0.4 is 4.74 Å². The minimum absolute atomic E-state index is 0.894. The molecule has 3 heteroatoms. The highest BCUT2D eigenvalue weighted by Gasteiger charge is 1.96. The van der Waals surface area contributed by atoms with E-state index in [9.17, 15) is 0 Å². The van der Waals surface area contributed by atoms with E-state index in [-0.39, 0.29) is 0 Å². The lowest BCUT2D eigenvalue weighted by Gasteiger charge is -2.03. The summed E-state index contributed by atoms with van der Waals surface area (Å²) in [5, 5.41) is 0. The van der Waals surface area contributed by atoms with E-state index in [0.29, 0.717) is 0 Å². The molecule has 0 N–H and O–H groups in total. The van der Waals surface area contributed by atoms with E-state index in [4.69, 9.17) is 4.74 Å². The SMILES string of the molecule is COc1ccc(CSc2c[c]ncc2)cc1. The van der Waals surface area contributed by atoms with Crippen LogP contribution in [0.15, 0.2) is 47.5 Å². The minimum Gasteiger partial charge on any atom is -0.497 e. The van der Waals surface area contributed by atoms with Crippen molar-refractivity contribution >= 4 is 11.8 Å². The third-order valence-electron chi connectivity index (χ3n) is 2.16. The van der Waals surface area contributed by atoms with Gasteiger partial charge in [0.05, 0.1) is 13.3 Å². The third-order valence-corrected chi connectivity index (χ3v) is 3.22. The Hall–Kier alpha value is -1.48. The highest BCUT2D eigenvalue weighted by Crippen LogP contribution is 2.22. The van der Waals surface area contributed by atoms with Crippen molar-refractivity contribution in [2.24, 2.45) is 0 Å². The van der Waals surface area contributed by atoms with Gasteiger partial charge in [0.15, 0.2) is 0 Å². The lowest BCUT2D eigenvalue weighted by Crippen LogP contribution is -1.84. The second-order valence-corrected chi connectivity index (χ2v) is 4.31. The average molecular weight is 230 g/mol. The smallest absolute Gasteiger partial charge is 0.118 e. The molecule has 2 nitrogen and oxygen atoms in total. The van der Waals surface area contributed by atoms with Gasteiger partial charge in [-0.2, -0.15) is 0 Å². The average Bonchev–Trinajstić information content (AvgIpc) is 2.38. The van der Waals surface area contributed by atoms with Crippen LogP contribution in [0.1, 0.15) is 5.56 Å². The molecule has 0 saturated carbocycles. The van der Waals surface area contributed by atoms with E-state index < -0.39 is 0 Å². The lowest BCUT2D eigenvalue weighted by molar-refractivity contribution is 0.414. The van der Waals surface area contributed by atoms with E-state index >= 15 is 0 Å². The number of ether oxygens (including phenoxy) is 1. The van der Waals surface area contributed by atoms with Crippen LogP contribution in [0.25, 0.3) is 0 Å². The van der Waals surface area contributed by atoms with Gasteiger partial charge < -0.3 is 4.74 Å². The van der Waals surface area contributed by atoms with Crippen LogP contribution in [0.5, 0.6) is 5.75 Å². The van der Waals surface area contributed by atoms with Crippen molar-refractivity contribution in [3.05, 3.63) is 54.4 Å². The Kier molecular flexibility index (Phi) is 3.83. The molecule has 1 aromatic carbocycles. The fourth-order valence-electron chi connectivity index (χ4n) is 1.28. The van der Waals surface area contributed by atoms with Crippen molar-refractivity contribution in [1.82, 2.24) is 4.98 Å². The molecule has 0 saturated heterocycles. The number of benzene rings is 1. The van der Waals surface area contributed by atoms with Crippen molar-refractivity contribution in [3.63, 3.8) is 0 Å². The van der Waals surface area contributed by atoms with Crippen molar-refractivity contribution in [3.8, 4) is 5.75 Å². The van der Waals surface area contributed by atoms with Gasteiger partial charge in [-0.3, -0.25) is 4.98 Å². The molecule has 2 rings (SSSR count). The summed E-state index contributed by atoms with van der Waals surface area (Å²) in [6.07, 6.45) is 4.58. The van der Waals surface area contributed by atoms with Gasteiger partial charge in [-0.05, 0) is 29.8 Å². The molecule has 0 atom stereocenters. The number of pyridine rings is 1. The molecule has 0 amide bonds. The monoisotopic (exact) mass is 230 g/mol. The lowest BCUT2D eigenvalue weighted by atomic mass is 10.2. The van der Waals surface area contributed by atoms with Gasteiger partial charge in [0.25, 0.3) is 0 Å². The molecule has 0 spiro atoms. The second kappa shape index (κ2) is 5.56. The van der Waals surface area contributed by atoms with E-state index in [1.54, 1.807) is 25.1 Å². The van der Waals surface area contributed by atoms with E-state index in [1.165, 1.54) is 10.5 Å². The van der Waals surface area contributed by atoms with Gasteiger partial charge >= 0.3 is 0 Å². The maximum Gasteiger partial charge on any atom is 0.118 e. The van der Waals surface area contributed by atoms with Crippen LogP contribution >= 0.6 is 11.8 Å². The van der Waals surface area contributed by atoms with E-state index in [2.05, 4.69) is 23.3 Å². The number of thioether (sulfide) groups is 1. The first-order valence-corrected chi connectivity index (χ1v) is 5.95. The molecule has 1 radical (unpaired) electrons. The summed E-state index contributed by atoms with van der Waals surface area (Å²) in [6, 6.07) is 12.0. The number of aromatic nitrogens is 1. The molecule has 0 aliphatic rings. The molecule has 0 fully saturated rings. The van der Waals surface area contributed by atoms with Gasteiger partial charge in [0, 0.05) is 16.8 Å². The summed E-state index contributed by atoms with van der Waals surface area (Å²) < 4.78 is 5.11. The molecule has 0 aliphatic carbocycles. The predicted molar refractivity (Wildman–Crippen MR) is 65.6 cm³/mol. The predicted octanol–water partition coefficient (Wildman–Crippen LogP) is 3.18. The highest BCUT2D eigenvalue weighted by atomic mass is 32.2. The molecule has 81 valence electrons. The zero-order valence-electron chi connectivity index (χ0n) is 9.01. The number of nitrogens with zero attached hydrogens (tertiary/aromatic N) is 1. The van der Waals surface area contributed by atoms with Crippen LogP contribution in [0.2, 0.25) is 0 Å². The maximum absolute atomic E-state index is 5.11. The van der Waals surface area contributed by atoms with Crippen LogP contribution in [-0.4, -0.2) is 12.1 Å². The second-order valence-electron chi connectivity index (χ2n) is 3.26. The summed E-state index contributed by atoms with van der Waals surface area (Å²) >= 11 is 1.77. The fraction of sp³-hybridized carbons (Fsp3) is 0.154. The largest absolute Gasteiger partial charge is 0.497 e. The van der Waals surface area contributed by atoms with Crippen LogP contribution in [0.4, 0.5) is 0 Å². The Morgan fingerprint density at radius 1 is 1.25 bits per heavy atom. The van der Waals surface area contributed by atoms with Crippen molar-refractivity contribution in [1.29, 1.82) is 0 Å². The minimum atomic E-state index is 0.894. The summed E-state index contributed by atoms with van der Waals surface area (Å²) in [6.45, 7) is 0. The van der Waals surface area contributed by atoms with E-state index in [1.807, 2.05) is 24.3 Å². The van der Waals surface area contributed by atoms with Crippen LogP contribution in [-0.2, 0) is 5.75 Å². The maximum atomic E-state index is 5.11. The molecule has 16 heavy (non-hydrogen) atoms. The molecule has 0 aliphatic heterocycles. The molecule has 1 heterocycles. The molecule has 1 aromatic heterocycles. The Morgan fingerprint density at radius 2 is 2.06 bits per heavy atom. The van der Waals surface area contributed by atoms with Crippen molar-refractivity contribution in [2.75, 3.05) is 7.11 Å². The number of hydrogen-bond acceptors (Lipinski definition) is 3.